The van der Waals surface area contributed by atoms with Crippen LogP contribution in [0.15, 0.2) is 47.4 Å². The number of nitrogens with zero attached hydrogens (tertiary/aromatic N) is 4. The van der Waals surface area contributed by atoms with Gasteiger partial charge in [0.1, 0.15) is 5.75 Å². The molecule has 1 aromatic heterocycles. The lowest BCUT2D eigenvalue weighted by atomic mass is 9.99. The molecule has 29 heavy (non-hydrogen) atoms. The van der Waals surface area contributed by atoms with Gasteiger partial charge in [0.25, 0.3) is 0 Å². The van der Waals surface area contributed by atoms with Gasteiger partial charge < -0.3 is 4.74 Å². The summed E-state index contributed by atoms with van der Waals surface area (Å²) in [6.07, 6.45) is -4.46. The quantitative estimate of drug-likeness (QED) is 0.648. The van der Waals surface area contributed by atoms with Gasteiger partial charge in [0.15, 0.2) is 0 Å². The lowest BCUT2D eigenvalue weighted by molar-refractivity contribution is -0.274. The maximum absolute atomic E-state index is 12.3. The van der Waals surface area contributed by atoms with Crippen molar-refractivity contribution in [1.82, 2.24) is 24.9 Å². The van der Waals surface area contributed by atoms with E-state index in [2.05, 4.69) is 24.9 Å². The molecule has 0 aliphatic rings. The molecule has 0 unspecified atom stereocenters. The number of alkyl halides is 3. The fourth-order valence-corrected chi connectivity index (χ4v) is 3.38. The number of benzene rings is 2. The minimum absolute atomic E-state index is 0.0279. The highest BCUT2D eigenvalue weighted by molar-refractivity contribution is 7.89. The summed E-state index contributed by atoms with van der Waals surface area (Å²) >= 11 is 0. The van der Waals surface area contributed by atoms with Gasteiger partial charge in [-0.3, -0.25) is 0 Å². The second-order valence-corrected chi connectivity index (χ2v) is 7.88. The average molecular weight is 427 g/mol. The van der Waals surface area contributed by atoms with Crippen molar-refractivity contribution in [1.29, 1.82) is 0 Å². The van der Waals surface area contributed by atoms with Crippen LogP contribution in [0, 0.1) is 0 Å². The Kier molecular flexibility index (Phi) is 5.57. The molecule has 3 rings (SSSR count). The molecule has 0 atom stereocenters. The van der Waals surface area contributed by atoms with Crippen molar-refractivity contribution >= 4 is 10.0 Å². The fourth-order valence-electron chi connectivity index (χ4n) is 2.62. The SMILES string of the molecule is CNS(=O)(=O)c1ccc(Cc2ccc(OC(F)(F)F)cc2)c(-c2nnn(C)n2)c1. The van der Waals surface area contributed by atoms with Crippen LogP contribution >= 0.6 is 0 Å². The molecule has 0 spiro atoms. The van der Waals surface area contributed by atoms with Crippen LogP contribution in [0.3, 0.4) is 0 Å². The number of hydrogen-bond acceptors (Lipinski definition) is 6. The van der Waals surface area contributed by atoms with E-state index in [0.717, 1.165) is 0 Å². The number of tetrazole rings is 1. The Labute approximate surface area is 164 Å². The topological polar surface area (TPSA) is 99.0 Å². The number of hydrogen-bond donors (Lipinski definition) is 1. The van der Waals surface area contributed by atoms with Crippen molar-refractivity contribution in [3.63, 3.8) is 0 Å². The minimum atomic E-state index is -4.76. The van der Waals surface area contributed by atoms with Crippen molar-refractivity contribution in [2.75, 3.05) is 7.05 Å². The second kappa shape index (κ2) is 7.79. The monoisotopic (exact) mass is 427 g/mol. The van der Waals surface area contributed by atoms with E-state index >= 15 is 0 Å². The molecule has 0 aliphatic heterocycles. The third-order valence-corrected chi connectivity index (χ3v) is 5.37. The fraction of sp³-hybridized carbons (Fsp3) is 0.235. The molecule has 0 radical (unpaired) electrons. The van der Waals surface area contributed by atoms with Crippen LogP contribution in [0.1, 0.15) is 11.1 Å². The van der Waals surface area contributed by atoms with Gasteiger partial charge in [0.2, 0.25) is 15.8 Å². The molecule has 1 heterocycles. The van der Waals surface area contributed by atoms with Gasteiger partial charge >= 0.3 is 6.36 Å². The first-order valence-electron chi connectivity index (χ1n) is 8.23. The van der Waals surface area contributed by atoms with E-state index in [-0.39, 0.29) is 16.5 Å². The Hall–Kier alpha value is -2.99. The molecule has 0 aliphatic carbocycles. The van der Waals surface area contributed by atoms with E-state index in [0.29, 0.717) is 23.1 Å². The zero-order chi connectivity index (χ0) is 21.2. The highest BCUT2D eigenvalue weighted by atomic mass is 32.2. The van der Waals surface area contributed by atoms with Gasteiger partial charge in [-0.05, 0) is 54.1 Å². The summed E-state index contributed by atoms with van der Waals surface area (Å²) in [6.45, 7) is 0. The Bertz CT molecular complexity index is 1110. The smallest absolute Gasteiger partial charge is 0.406 e. The Balaban J connectivity index is 1.96. The largest absolute Gasteiger partial charge is 0.573 e. The summed E-state index contributed by atoms with van der Waals surface area (Å²) < 4.78 is 67.3. The molecule has 3 aromatic rings. The predicted molar refractivity (Wildman–Crippen MR) is 96.4 cm³/mol. The van der Waals surface area contributed by atoms with E-state index in [1.807, 2.05) is 0 Å². The number of ether oxygens (including phenoxy) is 1. The summed E-state index contributed by atoms with van der Waals surface area (Å²) in [5.41, 5.74) is 1.82. The van der Waals surface area contributed by atoms with Crippen molar-refractivity contribution < 1.29 is 26.3 Å². The van der Waals surface area contributed by atoms with E-state index in [4.69, 9.17) is 0 Å². The first kappa shape index (κ1) is 20.7. The van der Waals surface area contributed by atoms with E-state index in [1.165, 1.54) is 48.2 Å². The number of aryl methyl sites for hydroxylation is 1. The molecule has 8 nitrogen and oxygen atoms in total. The van der Waals surface area contributed by atoms with Crippen LogP contribution in [0.25, 0.3) is 11.4 Å². The molecule has 0 amide bonds. The molecule has 0 saturated heterocycles. The average Bonchev–Trinajstić information content (AvgIpc) is 3.08. The number of halogens is 3. The zero-order valence-corrected chi connectivity index (χ0v) is 16.1. The number of rotatable bonds is 6. The summed E-state index contributed by atoms with van der Waals surface area (Å²) in [5.74, 6) is -0.0970. The molecule has 0 fully saturated rings. The Morgan fingerprint density at radius 1 is 1.14 bits per heavy atom. The Morgan fingerprint density at radius 3 is 2.38 bits per heavy atom. The van der Waals surface area contributed by atoms with Crippen LogP contribution < -0.4 is 9.46 Å². The number of aromatic nitrogens is 4. The third-order valence-electron chi connectivity index (χ3n) is 3.96. The first-order valence-corrected chi connectivity index (χ1v) is 9.71. The molecule has 0 saturated carbocycles. The molecule has 1 N–H and O–H groups in total. The zero-order valence-electron chi connectivity index (χ0n) is 15.3. The molecule has 154 valence electrons. The van der Waals surface area contributed by atoms with Gasteiger partial charge in [-0.1, -0.05) is 18.2 Å². The van der Waals surface area contributed by atoms with Crippen LogP contribution in [0.5, 0.6) is 5.75 Å². The summed E-state index contributed by atoms with van der Waals surface area (Å²) in [7, 11) is -0.818. The van der Waals surface area contributed by atoms with Crippen molar-refractivity contribution in [2.24, 2.45) is 7.05 Å². The summed E-state index contributed by atoms with van der Waals surface area (Å²) in [4.78, 5) is 1.27. The van der Waals surface area contributed by atoms with E-state index < -0.39 is 16.4 Å². The maximum Gasteiger partial charge on any atom is 0.573 e. The van der Waals surface area contributed by atoms with Crippen LogP contribution in [0.2, 0.25) is 0 Å². The van der Waals surface area contributed by atoms with Gasteiger partial charge in [-0.25, -0.2) is 13.1 Å². The lowest BCUT2D eigenvalue weighted by Crippen LogP contribution is -2.18. The van der Waals surface area contributed by atoms with Crippen molar-refractivity contribution in [3.8, 4) is 17.1 Å². The highest BCUT2D eigenvalue weighted by Crippen LogP contribution is 2.27. The van der Waals surface area contributed by atoms with Gasteiger partial charge in [0, 0.05) is 5.56 Å². The highest BCUT2D eigenvalue weighted by Gasteiger charge is 2.31. The van der Waals surface area contributed by atoms with E-state index in [1.54, 1.807) is 13.1 Å². The molecular weight excluding hydrogens is 411 g/mol. The van der Waals surface area contributed by atoms with Crippen LogP contribution in [0.4, 0.5) is 13.2 Å². The number of nitrogens with one attached hydrogen (secondary N) is 1. The molecule has 2 aromatic carbocycles. The lowest BCUT2D eigenvalue weighted by Gasteiger charge is -2.11. The van der Waals surface area contributed by atoms with Gasteiger partial charge in [-0.2, -0.15) is 4.80 Å². The molecular formula is C17H16F3N5O3S. The second-order valence-electron chi connectivity index (χ2n) is 6.00. The third kappa shape index (κ3) is 5.09. The predicted octanol–water partition coefficient (Wildman–Crippen LogP) is 2.27. The maximum atomic E-state index is 12.3. The molecule has 0 bridgehead atoms. The van der Waals surface area contributed by atoms with Crippen molar-refractivity contribution in [2.45, 2.75) is 17.7 Å². The van der Waals surface area contributed by atoms with Gasteiger partial charge in [-0.15, -0.1) is 23.4 Å². The standard InChI is InChI=1S/C17H16F3N5O3S/c1-21-29(26,27)14-8-5-12(15(10-14)16-22-24-25(2)23-16)9-11-3-6-13(7-4-11)28-17(18,19)20/h3-8,10,21H,9H2,1-2H3. The summed E-state index contributed by atoms with van der Waals surface area (Å²) in [5, 5.41) is 11.8. The first-order chi connectivity index (χ1) is 13.6. The van der Waals surface area contributed by atoms with Gasteiger partial charge in [0.05, 0.1) is 11.9 Å². The Morgan fingerprint density at radius 2 is 1.83 bits per heavy atom. The summed E-state index contributed by atoms with van der Waals surface area (Å²) in [6, 6.07) is 9.88. The van der Waals surface area contributed by atoms with E-state index in [9.17, 15) is 21.6 Å². The van der Waals surface area contributed by atoms with Crippen LogP contribution in [-0.4, -0.2) is 42.0 Å². The van der Waals surface area contributed by atoms with Crippen molar-refractivity contribution in [3.05, 3.63) is 53.6 Å². The molecule has 12 heteroatoms. The minimum Gasteiger partial charge on any atom is -0.406 e. The normalized spacial score (nSPS) is 12.2. The van der Waals surface area contributed by atoms with Crippen LogP contribution in [-0.2, 0) is 23.5 Å². The number of sulfonamides is 1.